The number of methoxy groups -OCH3 is 1. The first-order valence-electron chi connectivity index (χ1n) is 5.41. The molecule has 1 atom stereocenters. The van der Waals surface area contributed by atoms with E-state index in [1.807, 2.05) is 23.0 Å². The Hall–Kier alpha value is -0.620. The summed E-state index contributed by atoms with van der Waals surface area (Å²) in [5.41, 5.74) is 1.07. The van der Waals surface area contributed by atoms with Gasteiger partial charge in [0.15, 0.2) is 4.96 Å². The summed E-state index contributed by atoms with van der Waals surface area (Å²) in [7, 11) is 3.71. The Kier molecular flexibility index (Phi) is 4.39. The number of hydrogen-bond acceptors (Lipinski definition) is 4. The number of alkyl halides is 1. The fraction of sp³-hybridized carbons (Fsp3) is 0.545. The van der Waals surface area contributed by atoms with Gasteiger partial charge in [0.1, 0.15) is 0 Å². The Labute approximate surface area is 110 Å². The number of aromatic nitrogens is 2. The van der Waals surface area contributed by atoms with Gasteiger partial charge in [-0.05, 0) is 7.05 Å². The van der Waals surface area contributed by atoms with Crippen LogP contribution in [0.2, 0.25) is 0 Å². The summed E-state index contributed by atoms with van der Waals surface area (Å²) in [6, 6.07) is 0. The van der Waals surface area contributed by atoms with Crippen LogP contribution in [0.5, 0.6) is 0 Å². The van der Waals surface area contributed by atoms with Gasteiger partial charge in [-0.15, -0.1) is 22.9 Å². The lowest BCUT2D eigenvalue weighted by molar-refractivity contribution is 0.181. The molecule has 0 aliphatic carbocycles. The lowest BCUT2D eigenvalue weighted by atomic mass is 10.3. The number of rotatable bonds is 6. The van der Waals surface area contributed by atoms with Crippen LogP contribution < -0.4 is 0 Å². The maximum Gasteiger partial charge on any atom is 0.193 e. The molecule has 2 heterocycles. The highest BCUT2D eigenvalue weighted by Gasteiger charge is 2.10. The summed E-state index contributed by atoms with van der Waals surface area (Å²) in [4.78, 5) is 7.72. The van der Waals surface area contributed by atoms with Crippen LogP contribution in [0, 0.1) is 0 Å². The van der Waals surface area contributed by atoms with Crippen molar-refractivity contribution in [3.05, 3.63) is 23.5 Å². The highest BCUT2D eigenvalue weighted by atomic mass is 35.5. The van der Waals surface area contributed by atoms with Gasteiger partial charge in [-0.3, -0.25) is 9.30 Å². The number of imidazole rings is 1. The van der Waals surface area contributed by atoms with E-state index in [-0.39, 0.29) is 5.38 Å². The zero-order valence-corrected chi connectivity index (χ0v) is 11.5. The highest BCUT2D eigenvalue weighted by Crippen LogP contribution is 2.12. The third-order valence-corrected chi connectivity index (χ3v) is 3.47. The molecule has 0 bridgehead atoms. The van der Waals surface area contributed by atoms with Gasteiger partial charge < -0.3 is 4.74 Å². The molecule has 2 rings (SSSR count). The van der Waals surface area contributed by atoms with Crippen LogP contribution in [0.25, 0.3) is 4.96 Å². The molecule has 2 aromatic heterocycles. The van der Waals surface area contributed by atoms with E-state index >= 15 is 0 Å². The van der Waals surface area contributed by atoms with Crippen molar-refractivity contribution in [3.8, 4) is 0 Å². The van der Waals surface area contributed by atoms with E-state index in [4.69, 9.17) is 16.3 Å². The molecular weight excluding hydrogens is 258 g/mol. The molecule has 2 aromatic rings. The predicted molar refractivity (Wildman–Crippen MR) is 70.9 cm³/mol. The minimum Gasteiger partial charge on any atom is -0.383 e. The molecule has 0 aliphatic rings. The Balaban J connectivity index is 1.89. The summed E-state index contributed by atoms with van der Waals surface area (Å²) in [6.07, 6.45) is 4.08. The Morgan fingerprint density at radius 3 is 3.18 bits per heavy atom. The molecule has 0 amide bonds. The standard InChI is InChI=1S/C11H16ClN3OS/c1-14(5-9(12)8-16-2)6-10-7-15-3-4-17-11(15)13-10/h3-4,7,9H,5-6,8H2,1-2H3. The zero-order chi connectivity index (χ0) is 12.3. The molecule has 0 saturated carbocycles. The second kappa shape index (κ2) is 5.82. The lowest BCUT2D eigenvalue weighted by Crippen LogP contribution is -2.28. The second-order valence-corrected chi connectivity index (χ2v) is 5.56. The van der Waals surface area contributed by atoms with E-state index in [0.717, 1.165) is 23.7 Å². The molecule has 0 N–H and O–H groups in total. The molecule has 0 radical (unpaired) electrons. The first kappa shape index (κ1) is 12.8. The molecule has 4 nitrogen and oxygen atoms in total. The van der Waals surface area contributed by atoms with Crippen LogP contribution in [0.3, 0.4) is 0 Å². The van der Waals surface area contributed by atoms with E-state index in [0.29, 0.717) is 6.61 Å². The largest absolute Gasteiger partial charge is 0.383 e. The monoisotopic (exact) mass is 273 g/mol. The third kappa shape index (κ3) is 3.42. The number of nitrogens with zero attached hydrogens (tertiary/aromatic N) is 3. The van der Waals surface area contributed by atoms with E-state index in [9.17, 15) is 0 Å². The van der Waals surface area contributed by atoms with Gasteiger partial charge in [-0.25, -0.2) is 4.98 Å². The van der Waals surface area contributed by atoms with Crippen LogP contribution >= 0.6 is 22.9 Å². The third-order valence-electron chi connectivity index (χ3n) is 2.43. The lowest BCUT2D eigenvalue weighted by Gasteiger charge is -2.18. The molecule has 0 fully saturated rings. The molecule has 0 spiro atoms. The van der Waals surface area contributed by atoms with Crippen molar-refractivity contribution in [3.63, 3.8) is 0 Å². The van der Waals surface area contributed by atoms with Crippen molar-refractivity contribution >= 4 is 27.9 Å². The number of fused-ring (bicyclic) bond motifs is 1. The normalized spacial score (nSPS) is 13.6. The van der Waals surface area contributed by atoms with Gasteiger partial charge >= 0.3 is 0 Å². The average molecular weight is 274 g/mol. The maximum absolute atomic E-state index is 6.11. The zero-order valence-electron chi connectivity index (χ0n) is 9.97. The summed E-state index contributed by atoms with van der Waals surface area (Å²) >= 11 is 7.75. The number of thiazole rings is 1. The van der Waals surface area contributed by atoms with E-state index in [1.54, 1.807) is 18.4 Å². The Bertz CT molecular complexity index is 441. The van der Waals surface area contributed by atoms with E-state index < -0.39 is 0 Å². The molecular formula is C11H16ClN3OS. The molecule has 17 heavy (non-hydrogen) atoms. The quantitative estimate of drug-likeness (QED) is 0.755. The molecule has 6 heteroatoms. The maximum atomic E-state index is 6.11. The molecule has 94 valence electrons. The van der Waals surface area contributed by atoms with Crippen molar-refractivity contribution in [2.24, 2.45) is 0 Å². The first-order valence-corrected chi connectivity index (χ1v) is 6.73. The fourth-order valence-electron chi connectivity index (χ4n) is 1.77. The van der Waals surface area contributed by atoms with Gasteiger partial charge in [0, 0.05) is 38.0 Å². The second-order valence-electron chi connectivity index (χ2n) is 4.07. The number of ether oxygens (including phenoxy) is 1. The molecule has 0 saturated heterocycles. The summed E-state index contributed by atoms with van der Waals surface area (Å²) < 4.78 is 7.06. The van der Waals surface area contributed by atoms with Crippen molar-refractivity contribution in [1.29, 1.82) is 0 Å². The van der Waals surface area contributed by atoms with Crippen molar-refractivity contribution in [2.75, 3.05) is 27.3 Å². The van der Waals surface area contributed by atoms with E-state index in [2.05, 4.69) is 16.1 Å². The molecule has 1 unspecified atom stereocenters. The van der Waals surface area contributed by atoms with Gasteiger partial charge in [-0.1, -0.05) is 0 Å². The van der Waals surface area contributed by atoms with Crippen molar-refractivity contribution in [1.82, 2.24) is 14.3 Å². The van der Waals surface area contributed by atoms with Gasteiger partial charge in [0.05, 0.1) is 17.7 Å². The van der Waals surface area contributed by atoms with Crippen LogP contribution in [0.15, 0.2) is 17.8 Å². The van der Waals surface area contributed by atoms with Crippen LogP contribution in [-0.2, 0) is 11.3 Å². The predicted octanol–water partition coefficient (Wildman–Crippen LogP) is 2.08. The smallest absolute Gasteiger partial charge is 0.193 e. The SMILES string of the molecule is COCC(Cl)CN(C)Cc1cn2ccsc2n1. The van der Waals surface area contributed by atoms with Gasteiger partial charge in [0.25, 0.3) is 0 Å². The summed E-state index contributed by atoms with van der Waals surface area (Å²) in [5.74, 6) is 0. The number of halogens is 1. The van der Waals surface area contributed by atoms with Crippen LogP contribution in [0.4, 0.5) is 0 Å². The average Bonchev–Trinajstić information content (AvgIpc) is 2.77. The topological polar surface area (TPSA) is 29.8 Å². The van der Waals surface area contributed by atoms with Crippen LogP contribution in [0.1, 0.15) is 5.69 Å². The van der Waals surface area contributed by atoms with Gasteiger partial charge in [-0.2, -0.15) is 0 Å². The molecule has 0 aliphatic heterocycles. The fourth-order valence-corrected chi connectivity index (χ4v) is 2.85. The van der Waals surface area contributed by atoms with E-state index in [1.165, 1.54) is 0 Å². The van der Waals surface area contributed by atoms with Crippen molar-refractivity contribution < 1.29 is 4.74 Å². The van der Waals surface area contributed by atoms with Crippen molar-refractivity contribution in [2.45, 2.75) is 11.9 Å². The molecule has 0 aromatic carbocycles. The van der Waals surface area contributed by atoms with Crippen LogP contribution in [-0.4, -0.2) is 47.0 Å². The number of hydrogen-bond donors (Lipinski definition) is 0. The van der Waals surface area contributed by atoms with Gasteiger partial charge in [0.2, 0.25) is 0 Å². The minimum absolute atomic E-state index is 0.0220. The first-order chi connectivity index (χ1) is 8.19. The summed E-state index contributed by atoms with van der Waals surface area (Å²) in [5, 5.41) is 2.05. The Morgan fingerprint density at radius 2 is 2.47 bits per heavy atom. The summed E-state index contributed by atoms with van der Waals surface area (Å²) in [6.45, 7) is 2.17. The minimum atomic E-state index is 0.0220. The highest BCUT2D eigenvalue weighted by molar-refractivity contribution is 7.15. The Morgan fingerprint density at radius 1 is 1.65 bits per heavy atom.